The third-order valence-corrected chi connectivity index (χ3v) is 7.45. The molecule has 1 atom stereocenters. The summed E-state index contributed by atoms with van der Waals surface area (Å²) >= 11 is 6.20. The van der Waals surface area contributed by atoms with Gasteiger partial charge in [-0.25, -0.2) is 4.39 Å². The quantitative estimate of drug-likeness (QED) is 0.344. The number of nitrogens with one attached hydrogen (secondary N) is 2. The average Bonchev–Trinajstić information content (AvgIpc) is 3.47. The molecule has 2 saturated heterocycles. The first-order valence-electron chi connectivity index (χ1n) is 12.9. The van der Waals surface area contributed by atoms with Crippen LogP contribution in [0.1, 0.15) is 73.5 Å². The zero-order valence-electron chi connectivity index (χ0n) is 21.9. The number of thiophene rings is 1. The number of halogens is 2. The maximum Gasteiger partial charge on any atom is 0.310 e. The lowest BCUT2D eigenvalue weighted by molar-refractivity contribution is -0.897. The zero-order valence-corrected chi connectivity index (χ0v) is 23.5. The number of aliphatic carboxylic acids is 1. The van der Waals surface area contributed by atoms with Crippen LogP contribution in [0, 0.1) is 11.7 Å². The highest BCUT2D eigenvalue weighted by Gasteiger charge is 2.23. The predicted octanol–water partition coefficient (Wildman–Crippen LogP) is 5.26. The van der Waals surface area contributed by atoms with E-state index in [2.05, 4.69) is 23.8 Å². The topological polar surface area (TPSA) is 70.8 Å². The normalized spacial score (nSPS) is 19.7. The molecule has 2 fully saturated rings. The van der Waals surface area contributed by atoms with Gasteiger partial charge in [-0.05, 0) is 80.8 Å². The van der Waals surface area contributed by atoms with E-state index in [4.69, 9.17) is 5.11 Å². The smallest absolute Gasteiger partial charge is 0.310 e. The Bertz CT molecular complexity index is 825. The maximum atomic E-state index is 12.4. The lowest BCUT2D eigenvalue weighted by atomic mass is 9.94. The van der Waals surface area contributed by atoms with Crippen molar-refractivity contribution in [2.45, 2.75) is 58.3 Å². The summed E-state index contributed by atoms with van der Waals surface area (Å²) in [5, 5.41) is 13.9. The summed E-state index contributed by atoms with van der Waals surface area (Å²) in [5.41, 5.74) is 0.615. The highest BCUT2D eigenvalue weighted by molar-refractivity contribution is 7.12. The Morgan fingerprint density at radius 1 is 1.11 bits per heavy atom. The van der Waals surface area contributed by atoms with Crippen molar-refractivity contribution in [3.05, 3.63) is 58.0 Å². The summed E-state index contributed by atoms with van der Waals surface area (Å²) in [4.78, 5) is 24.8. The molecule has 1 aromatic carbocycles. The Morgan fingerprint density at radius 2 is 1.72 bits per heavy atom. The lowest BCUT2D eigenvalue weighted by Gasteiger charge is -2.27. The van der Waals surface area contributed by atoms with Gasteiger partial charge in [0.05, 0.1) is 23.9 Å². The van der Waals surface area contributed by atoms with Gasteiger partial charge in [0.25, 0.3) is 0 Å². The molecule has 0 aliphatic carbocycles. The molecule has 2 aromatic rings. The van der Waals surface area contributed by atoms with Crippen LogP contribution in [0.25, 0.3) is 0 Å². The van der Waals surface area contributed by atoms with Crippen molar-refractivity contribution in [2.24, 2.45) is 5.92 Å². The molecule has 0 bridgehead atoms. The van der Waals surface area contributed by atoms with Crippen LogP contribution in [-0.4, -0.2) is 56.0 Å². The molecule has 36 heavy (non-hydrogen) atoms. The van der Waals surface area contributed by atoms with Crippen LogP contribution < -0.4 is 10.2 Å². The Morgan fingerprint density at radius 3 is 2.14 bits per heavy atom. The molecule has 0 saturated carbocycles. The van der Waals surface area contributed by atoms with Crippen LogP contribution >= 0.6 is 22.9 Å². The van der Waals surface area contributed by atoms with Crippen LogP contribution in [0.4, 0.5) is 4.39 Å². The fraction of sp³-hybridized carbons (Fsp3) is 0.571. The molecular weight excluding hydrogens is 499 g/mol. The van der Waals surface area contributed by atoms with Crippen molar-refractivity contribution < 1.29 is 24.0 Å². The monoisotopic (exact) mass is 541 g/mol. The molecule has 3 heterocycles. The number of hydrogen-bond donors (Lipinski definition) is 3. The van der Waals surface area contributed by atoms with Crippen LogP contribution in [0.2, 0.25) is 0 Å². The van der Waals surface area contributed by atoms with Gasteiger partial charge >= 0.3 is 5.97 Å². The number of carbonyl (C=O) groups excluding carboxylic acids is 1. The number of carboxylic acids is 1. The number of rotatable bonds is 6. The molecule has 2 aliphatic rings. The second-order valence-electron chi connectivity index (χ2n) is 9.10. The summed E-state index contributed by atoms with van der Waals surface area (Å²) in [6.07, 6.45) is 9.58. The van der Waals surface area contributed by atoms with Gasteiger partial charge in [-0.3, -0.25) is 9.59 Å². The standard InChI is InChI=1S/C13H19NOS.C9H9FO2.C5H11N.CH3Cl/c1-2-11-5-7-14(8-6-11)10-12(15)13-4-3-9-16-13;1-6(9(11)12)7-2-4-8(10)5-3-7;1-2-4-6-5-3-1;1-2/h3-4,9,11H,2,5-8,10H2,1H3;2-6H,1H3,(H,11,12);6H,1-5H2;1H3/p+1. The van der Waals surface area contributed by atoms with Gasteiger partial charge in [0.2, 0.25) is 5.78 Å². The van der Waals surface area contributed by atoms with Gasteiger partial charge in [0.1, 0.15) is 12.4 Å². The molecular formula is C28H43ClFN2O3S+. The fourth-order valence-electron chi connectivity index (χ4n) is 4.12. The number of benzene rings is 1. The van der Waals surface area contributed by atoms with Crippen molar-refractivity contribution in [1.29, 1.82) is 0 Å². The van der Waals surface area contributed by atoms with Crippen LogP contribution in [0.5, 0.6) is 0 Å². The van der Waals surface area contributed by atoms with E-state index in [0.717, 1.165) is 10.8 Å². The molecule has 0 radical (unpaired) electrons. The summed E-state index contributed by atoms with van der Waals surface area (Å²) in [6, 6.07) is 9.37. The van der Waals surface area contributed by atoms with E-state index in [1.165, 1.54) is 100 Å². The zero-order chi connectivity index (χ0) is 26.8. The van der Waals surface area contributed by atoms with E-state index >= 15 is 0 Å². The molecule has 4 rings (SSSR count). The SMILES string of the molecule is C1CCNCC1.CC(C(=O)O)c1ccc(F)cc1.CCC1CC[NH+](CC(=O)c2cccs2)CC1.CCl. The third kappa shape index (κ3) is 12.9. The number of carboxylic acid groups (broad SMARTS) is 1. The fourth-order valence-corrected chi connectivity index (χ4v) is 4.78. The number of Topliss-reactive ketones (excluding diaryl/α,β-unsaturated/α-hetero) is 1. The minimum atomic E-state index is -0.901. The first kappa shape index (κ1) is 32.2. The second-order valence-corrected chi connectivity index (χ2v) is 10.0. The first-order valence-corrected chi connectivity index (χ1v) is 14.5. The van der Waals surface area contributed by atoms with Gasteiger partial charge in [-0.1, -0.05) is 38.0 Å². The van der Waals surface area contributed by atoms with E-state index in [9.17, 15) is 14.0 Å². The molecule has 202 valence electrons. The van der Waals surface area contributed by atoms with Crippen molar-refractivity contribution >= 4 is 34.7 Å². The third-order valence-electron chi connectivity index (χ3n) is 6.54. The number of alkyl halides is 1. The highest BCUT2D eigenvalue weighted by atomic mass is 35.5. The molecule has 5 nitrogen and oxygen atoms in total. The number of likely N-dealkylation sites (tertiary alicyclic amines) is 1. The van der Waals surface area contributed by atoms with Crippen molar-refractivity contribution in [3.8, 4) is 0 Å². The number of quaternary nitrogens is 1. The second kappa shape index (κ2) is 19.3. The molecule has 3 N–H and O–H groups in total. The maximum absolute atomic E-state index is 12.4. The number of carbonyl (C=O) groups is 2. The molecule has 2 aliphatic heterocycles. The average molecular weight is 542 g/mol. The number of hydrogen-bond acceptors (Lipinski definition) is 4. The van der Waals surface area contributed by atoms with E-state index in [1.54, 1.807) is 18.3 Å². The number of piperidine rings is 2. The lowest BCUT2D eigenvalue weighted by Crippen LogP contribution is -3.13. The van der Waals surface area contributed by atoms with Crippen molar-refractivity contribution in [2.75, 3.05) is 39.1 Å². The summed E-state index contributed by atoms with van der Waals surface area (Å²) in [5.74, 6) is -0.607. The molecule has 1 unspecified atom stereocenters. The minimum absolute atomic E-state index is 0.319. The van der Waals surface area contributed by atoms with E-state index in [1.807, 2.05) is 17.5 Å². The van der Waals surface area contributed by atoms with E-state index in [-0.39, 0.29) is 5.82 Å². The first-order chi connectivity index (χ1) is 17.4. The van der Waals surface area contributed by atoms with Gasteiger partial charge < -0.3 is 15.3 Å². The molecule has 8 heteroatoms. The minimum Gasteiger partial charge on any atom is -0.481 e. The van der Waals surface area contributed by atoms with Gasteiger partial charge in [0.15, 0.2) is 0 Å². The van der Waals surface area contributed by atoms with Crippen LogP contribution in [-0.2, 0) is 4.79 Å². The van der Waals surface area contributed by atoms with Crippen LogP contribution in [0.3, 0.4) is 0 Å². The van der Waals surface area contributed by atoms with Crippen molar-refractivity contribution in [3.63, 3.8) is 0 Å². The Balaban J connectivity index is 0.000000284. The Hall–Kier alpha value is -1.80. The van der Waals surface area contributed by atoms with E-state index in [0.29, 0.717) is 17.9 Å². The van der Waals surface area contributed by atoms with Gasteiger partial charge in [0, 0.05) is 6.38 Å². The van der Waals surface area contributed by atoms with Gasteiger partial charge in [-0.15, -0.1) is 22.9 Å². The largest absolute Gasteiger partial charge is 0.481 e. The summed E-state index contributed by atoms with van der Waals surface area (Å²) < 4.78 is 12.4. The van der Waals surface area contributed by atoms with Crippen LogP contribution in [0.15, 0.2) is 41.8 Å². The molecule has 0 spiro atoms. The molecule has 0 amide bonds. The Labute approximate surface area is 225 Å². The Kier molecular flexibility index (Phi) is 17.3. The number of ketones is 1. The van der Waals surface area contributed by atoms with E-state index < -0.39 is 11.9 Å². The predicted molar refractivity (Wildman–Crippen MR) is 148 cm³/mol. The van der Waals surface area contributed by atoms with Crippen molar-refractivity contribution in [1.82, 2.24) is 5.32 Å². The summed E-state index contributed by atoms with van der Waals surface area (Å²) in [7, 11) is 0. The molecule has 1 aromatic heterocycles. The highest BCUT2D eigenvalue weighted by Crippen LogP contribution is 2.15. The van der Waals surface area contributed by atoms with Gasteiger partial charge in [-0.2, -0.15) is 0 Å². The summed E-state index contributed by atoms with van der Waals surface area (Å²) in [6.45, 7) is 9.38.